The Hall–Kier alpha value is -2.18. The molecule has 1 heterocycles. The fourth-order valence-corrected chi connectivity index (χ4v) is 1.56. The minimum atomic E-state index is -1.07. The normalized spacial score (nSPS) is 15.7. The van der Waals surface area contributed by atoms with Crippen LogP contribution in [0.2, 0.25) is 0 Å². The van der Waals surface area contributed by atoms with Crippen LogP contribution in [0.15, 0.2) is 6.20 Å². The van der Waals surface area contributed by atoms with Crippen molar-refractivity contribution in [1.82, 2.24) is 15.3 Å². The van der Waals surface area contributed by atoms with Crippen LogP contribution >= 0.6 is 0 Å². The highest BCUT2D eigenvalue weighted by Crippen LogP contribution is 2.18. The molecule has 0 bridgehead atoms. The SMILES string of the molecule is Cc1nc(NC(C)C(=O)NC2CC2)ncc1C(=O)O. The maximum atomic E-state index is 11.7. The smallest absolute Gasteiger partial charge is 0.339 e. The van der Waals surface area contributed by atoms with Gasteiger partial charge in [0.1, 0.15) is 6.04 Å². The molecule has 1 amide bonds. The van der Waals surface area contributed by atoms with Crippen molar-refractivity contribution >= 4 is 17.8 Å². The number of aromatic carboxylic acids is 1. The van der Waals surface area contributed by atoms with Gasteiger partial charge in [0.15, 0.2) is 0 Å². The summed E-state index contributed by atoms with van der Waals surface area (Å²) in [5, 5.41) is 14.6. The van der Waals surface area contributed by atoms with Crippen LogP contribution in [0.5, 0.6) is 0 Å². The van der Waals surface area contributed by atoms with Gasteiger partial charge >= 0.3 is 5.97 Å². The second kappa shape index (κ2) is 5.21. The number of hydrogen-bond donors (Lipinski definition) is 3. The molecule has 19 heavy (non-hydrogen) atoms. The highest BCUT2D eigenvalue weighted by molar-refractivity contribution is 5.88. The zero-order valence-corrected chi connectivity index (χ0v) is 10.8. The molecule has 3 N–H and O–H groups in total. The van der Waals surface area contributed by atoms with E-state index in [9.17, 15) is 9.59 Å². The molecule has 1 atom stereocenters. The zero-order valence-electron chi connectivity index (χ0n) is 10.8. The van der Waals surface area contributed by atoms with Crippen LogP contribution in [0.1, 0.15) is 35.8 Å². The van der Waals surface area contributed by atoms with E-state index in [1.807, 2.05) is 0 Å². The molecule has 0 aromatic carbocycles. The summed E-state index contributed by atoms with van der Waals surface area (Å²) < 4.78 is 0. The van der Waals surface area contributed by atoms with Gasteiger partial charge in [0.2, 0.25) is 11.9 Å². The molecule has 0 radical (unpaired) electrons. The number of nitrogens with one attached hydrogen (secondary N) is 2. The summed E-state index contributed by atoms with van der Waals surface area (Å²) in [6.45, 7) is 3.30. The van der Waals surface area contributed by atoms with Crippen molar-refractivity contribution in [2.45, 2.75) is 38.8 Å². The Bertz CT molecular complexity index is 514. The maximum absolute atomic E-state index is 11.7. The minimum absolute atomic E-state index is 0.0561. The van der Waals surface area contributed by atoms with E-state index in [0.717, 1.165) is 12.8 Å². The molecule has 7 nitrogen and oxygen atoms in total. The van der Waals surface area contributed by atoms with Gasteiger partial charge in [0, 0.05) is 12.2 Å². The van der Waals surface area contributed by atoms with Gasteiger partial charge in [0.25, 0.3) is 0 Å². The van der Waals surface area contributed by atoms with E-state index < -0.39 is 12.0 Å². The predicted octanol–water partition coefficient (Wildman–Crippen LogP) is 0.562. The van der Waals surface area contributed by atoms with Crippen LogP contribution in [0, 0.1) is 6.92 Å². The second-order valence-corrected chi connectivity index (χ2v) is 4.65. The van der Waals surface area contributed by atoms with Crippen LogP contribution in [-0.4, -0.2) is 39.0 Å². The van der Waals surface area contributed by atoms with E-state index in [1.54, 1.807) is 13.8 Å². The largest absolute Gasteiger partial charge is 0.478 e. The Morgan fingerprint density at radius 3 is 2.68 bits per heavy atom. The number of aromatic nitrogens is 2. The summed E-state index contributed by atoms with van der Waals surface area (Å²) >= 11 is 0. The summed E-state index contributed by atoms with van der Waals surface area (Å²) in [5.74, 6) is -0.921. The molecule has 0 saturated heterocycles. The molecule has 1 aliphatic carbocycles. The lowest BCUT2D eigenvalue weighted by Gasteiger charge is -2.14. The standard InChI is InChI=1S/C12H16N4O3/c1-6-9(11(18)19)5-13-12(14-6)15-7(2)10(17)16-8-3-4-8/h5,7-8H,3-4H2,1-2H3,(H,16,17)(H,18,19)(H,13,14,15). The van der Waals surface area contributed by atoms with E-state index >= 15 is 0 Å². The first-order valence-corrected chi connectivity index (χ1v) is 6.11. The predicted molar refractivity (Wildman–Crippen MR) is 68.0 cm³/mol. The highest BCUT2D eigenvalue weighted by atomic mass is 16.4. The van der Waals surface area contributed by atoms with Gasteiger partial charge in [-0.05, 0) is 26.7 Å². The Morgan fingerprint density at radius 2 is 2.16 bits per heavy atom. The lowest BCUT2D eigenvalue weighted by atomic mass is 10.2. The fourth-order valence-electron chi connectivity index (χ4n) is 1.56. The van der Waals surface area contributed by atoms with Gasteiger partial charge in [-0.3, -0.25) is 4.79 Å². The first kappa shape index (κ1) is 13.3. The van der Waals surface area contributed by atoms with Gasteiger partial charge in [0.05, 0.1) is 11.3 Å². The summed E-state index contributed by atoms with van der Waals surface area (Å²) in [4.78, 5) is 30.5. The molecule has 1 unspecified atom stereocenters. The third kappa shape index (κ3) is 3.40. The van der Waals surface area contributed by atoms with Gasteiger partial charge in [-0.15, -0.1) is 0 Å². The average Bonchev–Trinajstić information content (AvgIpc) is 3.12. The average molecular weight is 264 g/mol. The van der Waals surface area contributed by atoms with Crippen LogP contribution in [0.3, 0.4) is 0 Å². The second-order valence-electron chi connectivity index (χ2n) is 4.65. The van der Waals surface area contributed by atoms with Gasteiger partial charge in [-0.25, -0.2) is 14.8 Å². The number of rotatable bonds is 5. The number of anilines is 1. The lowest BCUT2D eigenvalue weighted by Crippen LogP contribution is -2.39. The first-order chi connectivity index (χ1) is 8.97. The van der Waals surface area contributed by atoms with Crippen molar-refractivity contribution < 1.29 is 14.7 Å². The molecular weight excluding hydrogens is 248 g/mol. The lowest BCUT2D eigenvalue weighted by molar-refractivity contribution is -0.121. The Labute approximate surface area is 110 Å². The monoisotopic (exact) mass is 264 g/mol. The molecule has 1 fully saturated rings. The Kier molecular flexibility index (Phi) is 3.64. The van der Waals surface area contributed by atoms with Gasteiger partial charge in [-0.2, -0.15) is 0 Å². The molecule has 1 aromatic heterocycles. The molecule has 7 heteroatoms. The van der Waals surface area contributed by atoms with Crippen LogP contribution in [-0.2, 0) is 4.79 Å². The third-order valence-corrected chi connectivity index (χ3v) is 2.87. The zero-order chi connectivity index (χ0) is 14.0. The Balaban J connectivity index is 1.99. The van der Waals surface area contributed by atoms with Crippen molar-refractivity contribution in [3.8, 4) is 0 Å². The quantitative estimate of drug-likeness (QED) is 0.718. The fraction of sp³-hybridized carbons (Fsp3) is 0.500. The molecule has 0 spiro atoms. The number of carbonyl (C=O) groups excluding carboxylic acids is 1. The van der Waals surface area contributed by atoms with E-state index in [4.69, 9.17) is 5.11 Å². The topological polar surface area (TPSA) is 104 Å². The molecule has 102 valence electrons. The van der Waals surface area contributed by atoms with Gasteiger partial charge < -0.3 is 15.7 Å². The maximum Gasteiger partial charge on any atom is 0.339 e. The summed E-state index contributed by atoms with van der Waals surface area (Å²) in [7, 11) is 0. The molecular formula is C12H16N4O3. The summed E-state index contributed by atoms with van der Waals surface area (Å²) in [6, 6.07) is -0.163. The van der Waals surface area contributed by atoms with Crippen molar-refractivity contribution in [2.75, 3.05) is 5.32 Å². The van der Waals surface area contributed by atoms with Crippen molar-refractivity contribution in [2.24, 2.45) is 0 Å². The number of aryl methyl sites for hydroxylation is 1. The van der Waals surface area contributed by atoms with E-state index in [0.29, 0.717) is 11.7 Å². The molecule has 2 rings (SSSR count). The number of carbonyl (C=O) groups is 2. The van der Waals surface area contributed by atoms with Crippen LogP contribution in [0.4, 0.5) is 5.95 Å². The third-order valence-electron chi connectivity index (χ3n) is 2.87. The summed E-state index contributed by atoms with van der Waals surface area (Å²) in [5.41, 5.74) is 0.417. The van der Waals surface area contributed by atoms with Crippen molar-refractivity contribution in [1.29, 1.82) is 0 Å². The number of hydrogen-bond acceptors (Lipinski definition) is 5. The van der Waals surface area contributed by atoms with Crippen LogP contribution < -0.4 is 10.6 Å². The first-order valence-electron chi connectivity index (χ1n) is 6.11. The molecule has 1 saturated carbocycles. The van der Waals surface area contributed by atoms with Crippen molar-refractivity contribution in [3.63, 3.8) is 0 Å². The highest BCUT2D eigenvalue weighted by Gasteiger charge is 2.25. The Morgan fingerprint density at radius 1 is 1.47 bits per heavy atom. The number of amides is 1. The van der Waals surface area contributed by atoms with Gasteiger partial charge in [-0.1, -0.05) is 0 Å². The molecule has 0 aliphatic heterocycles. The minimum Gasteiger partial charge on any atom is -0.478 e. The number of carboxylic acid groups (broad SMARTS) is 1. The molecule has 1 aromatic rings. The van der Waals surface area contributed by atoms with E-state index in [-0.39, 0.29) is 17.4 Å². The van der Waals surface area contributed by atoms with Crippen molar-refractivity contribution in [3.05, 3.63) is 17.5 Å². The van der Waals surface area contributed by atoms with Crippen LogP contribution in [0.25, 0.3) is 0 Å². The number of carboxylic acids is 1. The number of nitrogens with zero attached hydrogens (tertiary/aromatic N) is 2. The summed E-state index contributed by atoms with van der Waals surface area (Å²) in [6.07, 6.45) is 3.29. The van der Waals surface area contributed by atoms with E-state index in [2.05, 4.69) is 20.6 Å². The molecule has 1 aliphatic rings. The van der Waals surface area contributed by atoms with E-state index in [1.165, 1.54) is 6.20 Å².